The molecular weight excluding hydrogens is 421 g/mol. The highest BCUT2D eigenvalue weighted by molar-refractivity contribution is 6.76. The Balaban J connectivity index is 2.30. The predicted molar refractivity (Wildman–Crippen MR) is 100 cm³/mol. The molecular formula is C17H24Cl3NO6. The summed E-state index contributed by atoms with van der Waals surface area (Å²) in [6, 6.07) is 0. The van der Waals surface area contributed by atoms with E-state index in [2.05, 4.69) is 11.9 Å². The van der Waals surface area contributed by atoms with Crippen molar-refractivity contribution in [2.75, 3.05) is 6.61 Å². The number of halogens is 3. The molecule has 0 aromatic rings. The molecule has 0 spiro atoms. The van der Waals surface area contributed by atoms with Gasteiger partial charge in [-0.25, -0.2) is 0 Å². The zero-order valence-corrected chi connectivity index (χ0v) is 18.1. The summed E-state index contributed by atoms with van der Waals surface area (Å²) in [5.41, 5.74) is -2.04. The van der Waals surface area contributed by atoms with E-state index in [1.165, 1.54) is 6.08 Å². The molecule has 0 unspecified atom stereocenters. The average molecular weight is 445 g/mol. The Hall–Kier alpha value is -0.570. The van der Waals surface area contributed by atoms with Crippen molar-refractivity contribution in [3.63, 3.8) is 0 Å². The number of ether oxygens (including phenoxy) is 4. The van der Waals surface area contributed by atoms with Gasteiger partial charge < -0.3 is 24.3 Å². The Labute approximate surface area is 173 Å². The number of carbonyl (C=O) groups is 2. The molecule has 2 saturated heterocycles. The van der Waals surface area contributed by atoms with Gasteiger partial charge in [0, 0.05) is 0 Å². The van der Waals surface area contributed by atoms with E-state index in [1.807, 2.05) is 0 Å². The lowest BCUT2D eigenvalue weighted by Crippen LogP contribution is -2.63. The summed E-state index contributed by atoms with van der Waals surface area (Å²) >= 11 is 17.1. The molecule has 2 fully saturated rings. The van der Waals surface area contributed by atoms with Gasteiger partial charge in [-0.1, -0.05) is 40.9 Å². The minimum absolute atomic E-state index is 0.178. The Kier molecular flexibility index (Phi) is 6.19. The van der Waals surface area contributed by atoms with Crippen molar-refractivity contribution >= 4 is 46.7 Å². The van der Waals surface area contributed by atoms with Gasteiger partial charge in [-0.3, -0.25) is 9.59 Å². The number of alkyl halides is 3. The molecule has 2 aliphatic rings. The molecule has 2 rings (SSSR count). The monoisotopic (exact) mass is 443 g/mol. The normalized spacial score (nSPS) is 32.7. The fourth-order valence-corrected chi connectivity index (χ4v) is 3.01. The van der Waals surface area contributed by atoms with Crippen LogP contribution in [0.1, 0.15) is 34.6 Å². The molecule has 0 bridgehead atoms. The standard InChI is InChI=1S/C17H24Cl3NO6/c1-7-16(21-12(22)17(18,19)20)9(8-24-13(23)14(2,3)4)25-11-10(16)26-15(5,6)27-11/h7,9-11H,1,8H2,2-6H3,(H,21,22)/t9-,10+,11-,16+/m1/s1. The third kappa shape index (κ3) is 4.71. The van der Waals surface area contributed by atoms with Gasteiger partial charge in [0.1, 0.15) is 24.4 Å². The van der Waals surface area contributed by atoms with Crippen LogP contribution in [0.25, 0.3) is 0 Å². The van der Waals surface area contributed by atoms with Crippen LogP contribution >= 0.6 is 34.8 Å². The van der Waals surface area contributed by atoms with Crippen LogP contribution in [-0.4, -0.2) is 52.1 Å². The molecule has 0 aromatic carbocycles. The van der Waals surface area contributed by atoms with Crippen molar-refractivity contribution in [3.05, 3.63) is 12.7 Å². The highest BCUT2D eigenvalue weighted by Crippen LogP contribution is 2.44. The lowest BCUT2D eigenvalue weighted by atomic mass is 9.88. The van der Waals surface area contributed by atoms with Crippen LogP contribution < -0.4 is 5.32 Å². The number of nitrogens with one attached hydrogen (secondary N) is 1. The first-order valence-electron chi connectivity index (χ1n) is 8.33. The first-order valence-corrected chi connectivity index (χ1v) is 9.47. The third-order valence-electron chi connectivity index (χ3n) is 4.26. The second-order valence-corrected chi connectivity index (χ2v) is 10.3. The maximum Gasteiger partial charge on any atom is 0.311 e. The lowest BCUT2D eigenvalue weighted by molar-refractivity contribution is -0.217. The fraction of sp³-hybridized carbons (Fsp3) is 0.765. The number of amides is 1. The first kappa shape index (κ1) is 22.7. The lowest BCUT2D eigenvalue weighted by Gasteiger charge is -2.37. The molecule has 0 aromatic heterocycles. The number of carbonyl (C=O) groups excluding carboxylic acids is 2. The van der Waals surface area contributed by atoms with E-state index in [-0.39, 0.29) is 6.61 Å². The molecule has 0 saturated carbocycles. The highest BCUT2D eigenvalue weighted by Gasteiger charge is 2.64. The smallest absolute Gasteiger partial charge is 0.311 e. The molecule has 154 valence electrons. The maximum atomic E-state index is 12.4. The van der Waals surface area contributed by atoms with Gasteiger partial charge in [0.25, 0.3) is 9.70 Å². The molecule has 7 nitrogen and oxygen atoms in total. The quantitative estimate of drug-likeness (QED) is 0.408. The minimum Gasteiger partial charge on any atom is -0.462 e. The second-order valence-electron chi connectivity index (χ2n) is 7.99. The molecule has 1 amide bonds. The van der Waals surface area contributed by atoms with E-state index in [9.17, 15) is 9.59 Å². The summed E-state index contributed by atoms with van der Waals surface area (Å²) in [4.78, 5) is 24.5. The average Bonchev–Trinajstić information content (AvgIpc) is 2.94. The van der Waals surface area contributed by atoms with Crippen molar-refractivity contribution in [2.45, 2.75) is 68.2 Å². The van der Waals surface area contributed by atoms with E-state index in [0.717, 1.165) is 0 Å². The van der Waals surface area contributed by atoms with Crippen molar-refractivity contribution < 1.29 is 28.5 Å². The van der Waals surface area contributed by atoms with Crippen molar-refractivity contribution in [3.8, 4) is 0 Å². The Morgan fingerprint density at radius 3 is 2.30 bits per heavy atom. The molecule has 4 atom stereocenters. The summed E-state index contributed by atoms with van der Waals surface area (Å²) < 4.78 is 20.6. The predicted octanol–water partition coefficient (Wildman–Crippen LogP) is 2.86. The number of esters is 1. The zero-order chi connectivity index (χ0) is 20.8. The van der Waals surface area contributed by atoms with Crippen molar-refractivity contribution in [2.24, 2.45) is 5.41 Å². The van der Waals surface area contributed by atoms with Crippen molar-refractivity contribution in [1.29, 1.82) is 0 Å². The molecule has 0 aliphatic carbocycles. The molecule has 0 radical (unpaired) electrons. The summed E-state index contributed by atoms with van der Waals surface area (Å²) in [5.74, 6) is -2.28. The van der Waals surface area contributed by atoms with E-state index in [1.54, 1.807) is 34.6 Å². The van der Waals surface area contributed by atoms with Gasteiger partial charge in [0.2, 0.25) is 0 Å². The minimum atomic E-state index is -2.21. The molecule has 10 heteroatoms. The van der Waals surface area contributed by atoms with Crippen LogP contribution in [0.15, 0.2) is 12.7 Å². The molecule has 27 heavy (non-hydrogen) atoms. The summed E-state index contributed by atoms with van der Waals surface area (Å²) in [5, 5.41) is 2.63. The number of rotatable bonds is 4. The van der Waals surface area contributed by atoms with E-state index >= 15 is 0 Å². The van der Waals surface area contributed by atoms with E-state index in [0.29, 0.717) is 0 Å². The Morgan fingerprint density at radius 1 is 1.22 bits per heavy atom. The van der Waals surface area contributed by atoms with Gasteiger partial charge in [0.15, 0.2) is 12.1 Å². The van der Waals surface area contributed by atoms with Gasteiger partial charge >= 0.3 is 5.97 Å². The SMILES string of the molecule is C=C[C@]1(NC(=O)C(Cl)(Cl)Cl)[C@@H](COC(=O)C(C)(C)C)O[C@@H]2OC(C)(C)O[C@@H]21. The fourth-order valence-electron chi connectivity index (χ4n) is 2.87. The van der Waals surface area contributed by atoms with Gasteiger partial charge in [-0.2, -0.15) is 0 Å². The third-order valence-corrected chi connectivity index (χ3v) is 4.78. The Bertz CT molecular complexity index is 627. The van der Waals surface area contributed by atoms with E-state index in [4.69, 9.17) is 53.8 Å². The number of hydrogen-bond donors (Lipinski definition) is 1. The van der Waals surface area contributed by atoms with Crippen LogP contribution in [0.3, 0.4) is 0 Å². The molecule has 2 aliphatic heterocycles. The number of fused-ring (bicyclic) bond motifs is 1. The van der Waals surface area contributed by atoms with Crippen LogP contribution in [0.2, 0.25) is 0 Å². The van der Waals surface area contributed by atoms with Crippen LogP contribution in [0.5, 0.6) is 0 Å². The summed E-state index contributed by atoms with van der Waals surface area (Å²) in [6.07, 6.45) is -1.04. The molecule has 1 N–H and O–H groups in total. The largest absolute Gasteiger partial charge is 0.462 e. The van der Waals surface area contributed by atoms with Crippen LogP contribution in [0, 0.1) is 5.41 Å². The second kappa shape index (κ2) is 7.35. The van der Waals surface area contributed by atoms with Gasteiger partial charge in [-0.15, -0.1) is 6.58 Å². The van der Waals surface area contributed by atoms with Crippen LogP contribution in [-0.2, 0) is 28.5 Å². The zero-order valence-electron chi connectivity index (χ0n) is 15.8. The molecule has 2 heterocycles. The topological polar surface area (TPSA) is 83.1 Å². The maximum absolute atomic E-state index is 12.4. The summed E-state index contributed by atoms with van der Waals surface area (Å²) in [6.45, 7) is 12.2. The highest BCUT2D eigenvalue weighted by atomic mass is 35.6. The van der Waals surface area contributed by atoms with Gasteiger partial charge in [-0.05, 0) is 34.6 Å². The van der Waals surface area contributed by atoms with Crippen LogP contribution in [0.4, 0.5) is 0 Å². The Morgan fingerprint density at radius 2 is 1.81 bits per heavy atom. The first-order chi connectivity index (χ1) is 12.1. The number of hydrogen-bond acceptors (Lipinski definition) is 6. The van der Waals surface area contributed by atoms with Gasteiger partial charge in [0.05, 0.1) is 5.41 Å². The summed E-state index contributed by atoms with van der Waals surface area (Å²) in [7, 11) is 0. The van der Waals surface area contributed by atoms with Crippen molar-refractivity contribution in [1.82, 2.24) is 5.32 Å². The van der Waals surface area contributed by atoms with E-state index < -0.39 is 50.9 Å².